The summed E-state index contributed by atoms with van der Waals surface area (Å²) in [6.45, 7) is 9.86. The summed E-state index contributed by atoms with van der Waals surface area (Å²) >= 11 is 0. The highest BCUT2D eigenvalue weighted by Crippen LogP contribution is 2.21. The molecule has 0 spiro atoms. The number of nitrogens with one attached hydrogen (secondary N) is 1. The quantitative estimate of drug-likeness (QED) is 0.816. The fourth-order valence-corrected chi connectivity index (χ4v) is 1.62. The molecule has 0 amide bonds. The molecule has 0 aliphatic heterocycles. The second kappa shape index (κ2) is 4.75. The Hall–Kier alpha value is -0.900. The molecule has 0 aliphatic carbocycles. The summed E-state index contributed by atoms with van der Waals surface area (Å²) in [6, 6.07) is 0.436. The molecular weight excluding hydrogens is 188 g/mol. The minimum absolute atomic E-state index is 0.238. The molecular formula is C11H22N4. The highest BCUT2D eigenvalue weighted by Gasteiger charge is 2.25. The van der Waals surface area contributed by atoms with Crippen LogP contribution < -0.4 is 5.32 Å². The lowest BCUT2D eigenvalue weighted by Gasteiger charge is -2.31. The predicted octanol–water partition coefficient (Wildman–Crippen LogP) is 1.38. The predicted molar refractivity (Wildman–Crippen MR) is 61.6 cm³/mol. The van der Waals surface area contributed by atoms with Gasteiger partial charge in [0, 0.05) is 19.5 Å². The molecule has 1 aromatic rings. The van der Waals surface area contributed by atoms with Crippen LogP contribution in [-0.4, -0.2) is 27.4 Å². The van der Waals surface area contributed by atoms with Crippen LogP contribution in [0.2, 0.25) is 0 Å². The van der Waals surface area contributed by atoms with Gasteiger partial charge in [0.25, 0.3) is 0 Å². The van der Waals surface area contributed by atoms with Gasteiger partial charge in [0.15, 0.2) is 0 Å². The van der Waals surface area contributed by atoms with E-state index >= 15 is 0 Å². The summed E-state index contributed by atoms with van der Waals surface area (Å²) < 4.78 is 1.84. The molecule has 1 unspecified atom stereocenters. The van der Waals surface area contributed by atoms with Gasteiger partial charge in [-0.2, -0.15) is 5.10 Å². The molecule has 0 aliphatic rings. The van der Waals surface area contributed by atoms with Crippen LogP contribution in [0.1, 0.15) is 33.5 Å². The SMILES string of the molecule is CCNC(Cc1ncnn1C)C(C)(C)C. The van der Waals surface area contributed by atoms with Crippen molar-refractivity contribution < 1.29 is 0 Å². The Morgan fingerprint density at radius 3 is 2.53 bits per heavy atom. The van der Waals surface area contributed by atoms with E-state index in [-0.39, 0.29) is 5.41 Å². The molecule has 1 aromatic heterocycles. The van der Waals surface area contributed by atoms with Crippen molar-refractivity contribution in [1.29, 1.82) is 0 Å². The smallest absolute Gasteiger partial charge is 0.138 e. The zero-order chi connectivity index (χ0) is 11.5. The van der Waals surface area contributed by atoms with Gasteiger partial charge in [0.1, 0.15) is 12.2 Å². The van der Waals surface area contributed by atoms with Gasteiger partial charge in [0.05, 0.1) is 0 Å². The average Bonchev–Trinajstić information content (AvgIpc) is 2.49. The van der Waals surface area contributed by atoms with Crippen molar-refractivity contribution in [1.82, 2.24) is 20.1 Å². The Balaban J connectivity index is 2.71. The molecule has 4 nitrogen and oxygen atoms in total. The summed E-state index contributed by atoms with van der Waals surface area (Å²) in [6.07, 6.45) is 2.54. The fraction of sp³-hybridized carbons (Fsp3) is 0.818. The van der Waals surface area contributed by atoms with E-state index in [4.69, 9.17) is 0 Å². The van der Waals surface area contributed by atoms with E-state index in [1.165, 1.54) is 0 Å². The van der Waals surface area contributed by atoms with Gasteiger partial charge in [-0.15, -0.1) is 0 Å². The average molecular weight is 210 g/mol. The van der Waals surface area contributed by atoms with E-state index < -0.39 is 0 Å². The first-order valence-corrected chi connectivity index (χ1v) is 5.51. The number of hydrogen-bond donors (Lipinski definition) is 1. The number of rotatable bonds is 4. The minimum atomic E-state index is 0.238. The van der Waals surface area contributed by atoms with E-state index in [2.05, 4.69) is 43.1 Å². The van der Waals surface area contributed by atoms with E-state index in [0.29, 0.717) is 6.04 Å². The molecule has 1 heterocycles. The number of likely N-dealkylation sites (N-methyl/N-ethyl adjacent to an activating group) is 1. The Morgan fingerprint density at radius 1 is 1.47 bits per heavy atom. The third kappa shape index (κ3) is 3.30. The number of hydrogen-bond acceptors (Lipinski definition) is 3. The minimum Gasteiger partial charge on any atom is -0.313 e. The lowest BCUT2D eigenvalue weighted by atomic mass is 9.84. The number of aromatic nitrogens is 3. The van der Waals surface area contributed by atoms with Gasteiger partial charge in [0.2, 0.25) is 0 Å². The molecule has 15 heavy (non-hydrogen) atoms. The molecule has 1 N–H and O–H groups in total. The van der Waals surface area contributed by atoms with Crippen LogP contribution in [0.5, 0.6) is 0 Å². The van der Waals surface area contributed by atoms with Crippen molar-refractivity contribution in [3.8, 4) is 0 Å². The molecule has 0 fully saturated rings. The maximum absolute atomic E-state index is 4.26. The van der Waals surface area contributed by atoms with Crippen molar-refractivity contribution in [2.45, 2.75) is 40.2 Å². The van der Waals surface area contributed by atoms with Crippen LogP contribution in [0.25, 0.3) is 0 Å². The van der Waals surface area contributed by atoms with E-state index in [0.717, 1.165) is 18.8 Å². The van der Waals surface area contributed by atoms with Crippen molar-refractivity contribution >= 4 is 0 Å². The second-order valence-corrected chi connectivity index (χ2v) is 4.98. The molecule has 0 saturated heterocycles. The van der Waals surface area contributed by atoms with Crippen LogP contribution in [0.15, 0.2) is 6.33 Å². The summed E-state index contributed by atoms with van der Waals surface area (Å²) in [5.41, 5.74) is 0.238. The number of aryl methyl sites for hydroxylation is 1. The summed E-state index contributed by atoms with van der Waals surface area (Å²) in [5.74, 6) is 1.04. The van der Waals surface area contributed by atoms with Crippen molar-refractivity contribution in [2.75, 3.05) is 6.54 Å². The van der Waals surface area contributed by atoms with Crippen LogP contribution >= 0.6 is 0 Å². The van der Waals surface area contributed by atoms with Gasteiger partial charge in [-0.3, -0.25) is 4.68 Å². The van der Waals surface area contributed by atoms with Gasteiger partial charge >= 0.3 is 0 Å². The molecule has 1 rings (SSSR count). The Bertz CT molecular complexity index is 298. The zero-order valence-corrected chi connectivity index (χ0v) is 10.4. The molecule has 4 heteroatoms. The van der Waals surface area contributed by atoms with Gasteiger partial charge in [-0.05, 0) is 12.0 Å². The highest BCUT2D eigenvalue weighted by atomic mass is 15.3. The zero-order valence-electron chi connectivity index (χ0n) is 10.4. The van der Waals surface area contributed by atoms with Crippen molar-refractivity contribution in [2.24, 2.45) is 12.5 Å². The fourth-order valence-electron chi connectivity index (χ4n) is 1.62. The maximum atomic E-state index is 4.26. The molecule has 0 aromatic carbocycles. The number of nitrogens with zero attached hydrogens (tertiary/aromatic N) is 3. The van der Waals surface area contributed by atoms with Crippen LogP contribution in [0.3, 0.4) is 0 Å². The lowest BCUT2D eigenvalue weighted by Crippen LogP contribution is -2.42. The molecule has 86 valence electrons. The lowest BCUT2D eigenvalue weighted by molar-refractivity contribution is 0.265. The molecule has 0 saturated carbocycles. The third-order valence-corrected chi connectivity index (χ3v) is 2.69. The molecule has 0 radical (unpaired) electrons. The Morgan fingerprint density at radius 2 is 2.13 bits per heavy atom. The monoisotopic (exact) mass is 210 g/mol. The highest BCUT2D eigenvalue weighted by molar-refractivity contribution is 4.93. The Labute approximate surface area is 92.1 Å². The van der Waals surface area contributed by atoms with Gasteiger partial charge in [-0.1, -0.05) is 27.7 Å². The second-order valence-electron chi connectivity index (χ2n) is 4.98. The first-order valence-electron chi connectivity index (χ1n) is 5.51. The first kappa shape index (κ1) is 12.2. The summed E-state index contributed by atoms with van der Waals surface area (Å²) in [7, 11) is 1.94. The summed E-state index contributed by atoms with van der Waals surface area (Å²) in [4.78, 5) is 4.26. The first-order chi connectivity index (χ1) is 6.95. The van der Waals surface area contributed by atoms with Crippen LogP contribution in [-0.2, 0) is 13.5 Å². The molecule has 0 bridgehead atoms. The van der Waals surface area contributed by atoms with Crippen LogP contribution in [0.4, 0.5) is 0 Å². The van der Waals surface area contributed by atoms with Crippen molar-refractivity contribution in [3.05, 3.63) is 12.2 Å². The Kier molecular flexibility index (Phi) is 3.85. The van der Waals surface area contributed by atoms with Gasteiger partial charge < -0.3 is 5.32 Å². The summed E-state index contributed by atoms with van der Waals surface area (Å²) in [5, 5.41) is 7.60. The largest absolute Gasteiger partial charge is 0.313 e. The van der Waals surface area contributed by atoms with E-state index in [1.54, 1.807) is 6.33 Å². The third-order valence-electron chi connectivity index (χ3n) is 2.69. The molecule has 1 atom stereocenters. The van der Waals surface area contributed by atoms with E-state index in [9.17, 15) is 0 Å². The van der Waals surface area contributed by atoms with Gasteiger partial charge in [-0.25, -0.2) is 4.98 Å². The normalized spacial score (nSPS) is 14.2. The standard InChI is InChI=1S/C11H22N4/c1-6-12-9(11(2,3)4)7-10-13-8-14-15(10)5/h8-9,12H,6-7H2,1-5H3. The van der Waals surface area contributed by atoms with Crippen molar-refractivity contribution in [3.63, 3.8) is 0 Å². The maximum Gasteiger partial charge on any atom is 0.138 e. The van der Waals surface area contributed by atoms with E-state index in [1.807, 2.05) is 11.7 Å². The van der Waals surface area contributed by atoms with Crippen LogP contribution in [0, 0.1) is 5.41 Å². The topological polar surface area (TPSA) is 42.7 Å².